The van der Waals surface area contributed by atoms with Crippen molar-refractivity contribution in [2.45, 2.75) is 130 Å². The first kappa shape index (κ1) is 32.7. The van der Waals surface area contributed by atoms with Crippen LogP contribution in [-0.4, -0.2) is 62.6 Å². The molecule has 0 spiro atoms. The third-order valence-corrected chi connectivity index (χ3v) is 13.4. The van der Waals surface area contributed by atoms with Crippen molar-refractivity contribution in [2.24, 2.45) is 28.8 Å². The number of rotatable bonds is 8. The van der Waals surface area contributed by atoms with Gasteiger partial charge in [-0.05, 0) is 54.8 Å². The Morgan fingerprint density at radius 2 is 1.64 bits per heavy atom. The first-order valence-electron chi connectivity index (χ1n) is 13.0. The quantitative estimate of drug-likeness (QED) is 0.195. The van der Waals surface area contributed by atoms with E-state index < -0.39 is 33.0 Å². The smallest absolute Gasteiger partial charge is 0.373 e. The summed E-state index contributed by atoms with van der Waals surface area (Å²) in [6, 6.07) is -0.503. The predicted octanol–water partition coefficient (Wildman–Crippen LogP) is 5.27. The van der Waals surface area contributed by atoms with Crippen LogP contribution in [0.3, 0.4) is 0 Å². The number of nitrogens with zero attached hydrogens (tertiary/aromatic N) is 3. The van der Waals surface area contributed by atoms with E-state index in [1.807, 2.05) is 27.7 Å². The number of carbonyl (C=O) groups excluding carboxylic acids is 2. The van der Waals surface area contributed by atoms with Crippen LogP contribution in [-0.2, 0) is 28.2 Å². The minimum absolute atomic E-state index is 0.00798. The van der Waals surface area contributed by atoms with Crippen molar-refractivity contribution in [3.63, 3.8) is 0 Å². The molecule has 2 heterocycles. The van der Waals surface area contributed by atoms with Crippen molar-refractivity contribution in [3.05, 3.63) is 10.4 Å². The minimum Gasteiger partial charge on any atom is -0.392 e. The second-order valence-corrected chi connectivity index (χ2v) is 16.2. The van der Waals surface area contributed by atoms with Crippen molar-refractivity contribution in [1.82, 2.24) is 0 Å². The summed E-state index contributed by atoms with van der Waals surface area (Å²) in [5.41, 5.74) is 9.34. The molecule has 0 aromatic rings. The van der Waals surface area contributed by atoms with Crippen LogP contribution in [0.4, 0.5) is 0 Å². The van der Waals surface area contributed by atoms with Crippen molar-refractivity contribution < 1.29 is 33.3 Å². The largest absolute Gasteiger partial charge is 0.392 e. The predicted molar refractivity (Wildman–Crippen MR) is 137 cm³/mol. The van der Waals surface area contributed by atoms with E-state index in [9.17, 15) is 10.6 Å². The van der Waals surface area contributed by atoms with Crippen molar-refractivity contribution in [2.75, 3.05) is 0 Å². The monoisotopic (exact) mass is 529 g/mol. The lowest BCUT2D eigenvalue weighted by Gasteiger charge is -2.51. The number of azide groups is 1. The maximum Gasteiger partial charge on any atom is 0.373 e. The summed E-state index contributed by atoms with van der Waals surface area (Å²) >= 11 is 0. The summed E-state index contributed by atoms with van der Waals surface area (Å²) in [7, 11) is -2.23. The fraction of sp³-hybridized carbons (Fsp3) is 0.960. The fourth-order valence-corrected chi connectivity index (χ4v) is 7.29. The number of aliphatic hydroxyl groups excluding tert-OH is 1. The Bertz CT molecular complexity index is 784. The summed E-state index contributed by atoms with van der Waals surface area (Å²) in [6.45, 7) is 23.4. The van der Waals surface area contributed by atoms with Crippen LogP contribution in [0.1, 0.15) is 68.7 Å². The van der Waals surface area contributed by atoms with Gasteiger partial charge in [-0.25, -0.2) is 0 Å². The third kappa shape index (κ3) is 7.17. The van der Waals surface area contributed by atoms with Crippen LogP contribution in [0.15, 0.2) is 5.11 Å². The molecule has 36 heavy (non-hydrogen) atoms. The van der Waals surface area contributed by atoms with Gasteiger partial charge in [-0.15, -0.1) is 0 Å². The van der Waals surface area contributed by atoms with Crippen LogP contribution >= 0.6 is 0 Å². The first-order valence-corrected chi connectivity index (χ1v) is 15.9. The summed E-state index contributed by atoms with van der Waals surface area (Å²) in [6.07, 6.45) is -1.43. The SMILES string of the molecule is CCC1O[C@@H](O[Si](C)(C)C(C)(C)C(C)C)C(N=[N+]=[N-])[C@@H](C)[C@@H]1O[C@@H]1OC(C)[C@@H](O)[C@H](C)C1C.O=C=O. The maximum absolute atomic E-state index is 10.4. The molecule has 0 aromatic heterocycles. The molecule has 10 atom stereocenters. The molecule has 0 aliphatic carbocycles. The van der Waals surface area contributed by atoms with Gasteiger partial charge in [0, 0.05) is 10.8 Å². The second-order valence-electron chi connectivity index (χ2n) is 11.6. The number of ether oxygens (including phenoxy) is 3. The molecule has 2 fully saturated rings. The zero-order valence-corrected chi connectivity index (χ0v) is 24.8. The van der Waals surface area contributed by atoms with E-state index in [2.05, 4.69) is 57.7 Å². The Morgan fingerprint density at radius 1 is 1.08 bits per heavy atom. The Morgan fingerprint density at radius 3 is 2.11 bits per heavy atom. The van der Waals surface area contributed by atoms with Crippen LogP contribution < -0.4 is 0 Å². The fourth-order valence-electron chi connectivity index (χ4n) is 4.82. The summed E-state index contributed by atoms with van der Waals surface area (Å²) in [5, 5.41) is 14.5. The van der Waals surface area contributed by atoms with Gasteiger partial charge in [0.2, 0.25) is 0 Å². The van der Waals surface area contributed by atoms with Gasteiger partial charge in [0.15, 0.2) is 20.9 Å². The molecule has 0 amide bonds. The molecule has 2 aliphatic heterocycles. The highest BCUT2D eigenvalue weighted by atomic mass is 28.4. The molecular formula is C25H47N3O7Si. The number of hydrogen-bond donors (Lipinski definition) is 1. The first-order chi connectivity index (χ1) is 16.6. The van der Waals surface area contributed by atoms with E-state index in [1.165, 1.54) is 0 Å². The van der Waals surface area contributed by atoms with Crippen LogP contribution in [0.25, 0.3) is 10.4 Å². The molecule has 10 nitrogen and oxygen atoms in total. The van der Waals surface area contributed by atoms with Crippen LogP contribution in [0.5, 0.6) is 0 Å². The van der Waals surface area contributed by atoms with Gasteiger partial charge >= 0.3 is 6.15 Å². The molecule has 11 heteroatoms. The number of aliphatic hydroxyl groups is 1. The average molecular weight is 530 g/mol. The van der Waals surface area contributed by atoms with E-state index in [4.69, 9.17) is 28.2 Å². The number of hydrogen-bond acceptors (Lipinski definition) is 8. The van der Waals surface area contributed by atoms with Gasteiger partial charge in [0.1, 0.15) is 0 Å². The molecule has 0 radical (unpaired) electrons. The summed E-state index contributed by atoms with van der Waals surface area (Å²) < 4.78 is 25.7. The summed E-state index contributed by atoms with van der Waals surface area (Å²) in [5.74, 6) is 0.393. The molecule has 1 N–H and O–H groups in total. The standard InChI is InChI=1S/C24H47N3O5Si.CO2/c1-12-18-21(31-22-15(5)14(4)20(28)17(7)29-22)16(6)19(26-27-25)23(30-18)32-33(10,11)24(8,9)13(2)3;2-1-3/h13-23,28H,12H2,1-11H3;/t14-,15?,16-,17?,18?,19?,20+,21+,22+,23+;/m1./s1. The Hall–Kier alpha value is -1.29. The summed E-state index contributed by atoms with van der Waals surface area (Å²) in [4.78, 5) is 19.4. The molecule has 4 unspecified atom stereocenters. The lowest BCUT2D eigenvalue weighted by Crippen LogP contribution is -2.60. The Labute approximate surface area is 217 Å². The molecular weight excluding hydrogens is 482 g/mol. The molecule has 208 valence electrons. The normalized spacial score (nSPS) is 37.4. The molecule has 0 aromatic carbocycles. The van der Waals surface area contributed by atoms with E-state index >= 15 is 0 Å². The lowest BCUT2D eigenvalue weighted by molar-refractivity contribution is -0.312. The van der Waals surface area contributed by atoms with Gasteiger partial charge in [0.05, 0.1) is 30.5 Å². The average Bonchev–Trinajstić information content (AvgIpc) is 2.79. The Kier molecular flexibility index (Phi) is 12.3. The van der Waals surface area contributed by atoms with Crippen molar-refractivity contribution >= 4 is 14.5 Å². The van der Waals surface area contributed by atoms with E-state index in [-0.39, 0.29) is 47.3 Å². The zero-order valence-electron chi connectivity index (χ0n) is 23.8. The van der Waals surface area contributed by atoms with Gasteiger partial charge in [-0.2, -0.15) is 9.59 Å². The van der Waals surface area contributed by atoms with Gasteiger partial charge in [0.25, 0.3) is 0 Å². The maximum atomic E-state index is 10.4. The van der Waals surface area contributed by atoms with E-state index in [1.54, 1.807) is 0 Å². The van der Waals surface area contributed by atoms with Crippen molar-refractivity contribution in [1.29, 1.82) is 0 Å². The topological polar surface area (TPSA) is 140 Å². The van der Waals surface area contributed by atoms with Crippen LogP contribution in [0, 0.1) is 23.7 Å². The van der Waals surface area contributed by atoms with Gasteiger partial charge < -0.3 is 23.7 Å². The highest BCUT2D eigenvalue weighted by Gasteiger charge is 2.51. The van der Waals surface area contributed by atoms with E-state index in [0.717, 1.165) is 6.42 Å². The third-order valence-electron chi connectivity index (χ3n) is 8.92. The van der Waals surface area contributed by atoms with Gasteiger partial charge in [-0.1, -0.05) is 60.5 Å². The highest BCUT2D eigenvalue weighted by Crippen LogP contribution is 2.47. The molecule has 2 rings (SSSR count). The molecule has 0 saturated carbocycles. The highest BCUT2D eigenvalue weighted by molar-refractivity contribution is 6.74. The van der Waals surface area contributed by atoms with Gasteiger partial charge in [-0.3, -0.25) is 0 Å². The molecule has 0 bridgehead atoms. The van der Waals surface area contributed by atoms with Crippen LogP contribution in [0.2, 0.25) is 18.1 Å². The molecule has 2 aliphatic rings. The molecule has 2 saturated heterocycles. The zero-order chi connectivity index (χ0) is 28.0. The Balaban J connectivity index is 0.00000205. The second kappa shape index (κ2) is 13.5. The van der Waals surface area contributed by atoms with E-state index in [0.29, 0.717) is 5.92 Å². The minimum atomic E-state index is -2.23. The lowest BCUT2D eigenvalue weighted by atomic mass is 9.84. The van der Waals surface area contributed by atoms with Crippen molar-refractivity contribution in [3.8, 4) is 0 Å².